The van der Waals surface area contributed by atoms with Crippen LogP contribution >= 0.6 is 11.8 Å². The van der Waals surface area contributed by atoms with Gasteiger partial charge in [-0.15, -0.1) is 0 Å². The first-order chi connectivity index (χ1) is 15.8. The molecule has 2 aromatic carbocycles. The van der Waals surface area contributed by atoms with Crippen molar-refractivity contribution in [2.45, 2.75) is 36.2 Å². The molecule has 1 atom stereocenters. The molecule has 1 fully saturated rings. The lowest BCUT2D eigenvalue weighted by atomic mass is 10.0. The first kappa shape index (κ1) is 25.2. The van der Waals surface area contributed by atoms with Gasteiger partial charge in [0, 0.05) is 24.7 Å². The summed E-state index contributed by atoms with van der Waals surface area (Å²) in [4.78, 5) is 26.7. The summed E-state index contributed by atoms with van der Waals surface area (Å²) in [6.45, 7) is 0.797. The standard InChI is InChI=1S/C23H28FN3O4S2/c1-32-16-13-20(26-33(30,31)21-10-6-5-9-19(21)24)23(29)27-14-11-18(12-15-27)25-22(28)17-7-3-2-4-8-17/h2-10,18,20,26H,11-16H2,1H3,(H,25,28)/t20-/m0/s1. The molecule has 0 bridgehead atoms. The molecule has 1 saturated heterocycles. The highest BCUT2D eigenvalue weighted by Gasteiger charge is 2.32. The number of hydrogen-bond donors (Lipinski definition) is 2. The van der Waals surface area contributed by atoms with Gasteiger partial charge in [0.05, 0.1) is 0 Å². The Labute approximate surface area is 198 Å². The third-order valence-corrected chi connectivity index (χ3v) is 7.66. The van der Waals surface area contributed by atoms with Gasteiger partial charge in [-0.1, -0.05) is 30.3 Å². The number of likely N-dealkylation sites (tertiary alicyclic amines) is 1. The summed E-state index contributed by atoms with van der Waals surface area (Å²) in [7, 11) is -4.20. The second-order valence-electron chi connectivity index (χ2n) is 7.82. The highest BCUT2D eigenvalue weighted by Crippen LogP contribution is 2.18. The average Bonchev–Trinajstić information content (AvgIpc) is 2.82. The molecule has 0 saturated carbocycles. The molecule has 2 N–H and O–H groups in total. The molecule has 7 nitrogen and oxygen atoms in total. The molecule has 33 heavy (non-hydrogen) atoms. The van der Waals surface area contributed by atoms with Gasteiger partial charge in [0.2, 0.25) is 15.9 Å². The highest BCUT2D eigenvalue weighted by molar-refractivity contribution is 7.98. The number of rotatable bonds is 9. The van der Waals surface area contributed by atoms with Crippen LogP contribution in [0.2, 0.25) is 0 Å². The molecule has 0 radical (unpaired) electrons. The lowest BCUT2D eigenvalue weighted by Gasteiger charge is -2.34. The molecule has 1 heterocycles. The maximum Gasteiger partial charge on any atom is 0.251 e. The van der Waals surface area contributed by atoms with Gasteiger partial charge >= 0.3 is 0 Å². The van der Waals surface area contributed by atoms with Gasteiger partial charge in [-0.2, -0.15) is 16.5 Å². The van der Waals surface area contributed by atoms with Crippen molar-refractivity contribution < 1.29 is 22.4 Å². The van der Waals surface area contributed by atoms with E-state index in [9.17, 15) is 22.4 Å². The van der Waals surface area contributed by atoms with Gasteiger partial charge in [0.25, 0.3) is 5.91 Å². The Morgan fingerprint density at radius 2 is 1.73 bits per heavy atom. The third kappa shape index (κ3) is 6.78. The number of hydrogen-bond acceptors (Lipinski definition) is 5. The minimum absolute atomic E-state index is 0.0680. The van der Waals surface area contributed by atoms with E-state index in [-0.39, 0.29) is 17.9 Å². The van der Waals surface area contributed by atoms with Gasteiger partial charge in [0.15, 0.2) is 0 Å². The molecule has 2 amide bonds. The minimum atomic E-state index is -4.20. The van der Waals surface area contributed by atoms with Crippen molar-refractivity contribution in [1.29, 1.82) is 0 Å². The molecular formula is C23H28FN3O4S2. The first-order valence-corrected chi connectivity index (χ1v) is 13.6. The second-order valence-corrected chi connectivity index (χ2v) is 10.5. The molecule has 3 rings (SSSR count). The fourth-order valence-electron chi connectivity index (χ4n) is 3.70. The number of nitrogens with one attached hydrogen (secondary N) is 2. The van der Waals surface area contributed by atoms with Crippen LogP contribution in [0, 0.1) is 5.82 Å². The molecule has 1 aliphatic rings. The number of benzene rings is 2. The van der Waals surface area contributed by atoms with Gasteiger partial charge < -0.3 is 10.2 Å². The molecule has 2 aromatic rings. The van der Waals surface area contributed by atoms with E-state index >= 15 is 0 Å². The number of piperidine rings is 1. The SMILES string of the molecule is CSCC[C@H](NS(=O)(=O)c1ccccc1F)C(=O)N1CCC(NC(=O)c2ccccc2)CC1. The van der Waals surface area contributed by atoms with Crippen molar-refractivity contribution in [3.63, 3.8) is 0 Å². The van der Waals surface area contributed by atoms with Crippen molar-refractivity contribution in [2.75, 3.05) is 25.1 Å². The Kier molecular flexibility index (Phi) is 8.87. The first-order valence-electron chi connectivity index (χ1n) is 10.7. The van der Waals surface area contributed by atoms with Crippen molar-refractivity contribution >= 4 is 33.6 Å². The largest absolute Gasteiger partial charge is 0.349 e. The number of carbonyl (C=O) groups excluding carboxylic acids is 2. The summed E-state index contributed by atoms with van der Waals surface area (Å²) in [6, 6.07) is 13.0. The molecule has 10 heteroatoms. The summed E-state index contributed by atoms with van der Waals surface area (Å²) in [5.74, 6) is -0.788. The van der Waals surface area contributed by atoms with Gasteiger partial charge in [-0.25, -0.2) is 12.8 Å². The van der Waals surface area contributed by atoms with Crippen LogP contribution in [0.25, 0.3) is 0 Å². The van der Waals surface area contributed by atoms with Crippen LogP contribution in [-0.2, 0) is 14.8 Å². The smallest absolute Gasteiger partial charge is 0.251 e. The quantitative estimate of drug-likeness (QED) is 0.560. The van der Waals surface area contributed by atoms with E-state index < -0.39 is 26.8 Å². The zero-order chi connectivity index (χ0) is 23.8. The van der Waals surface area contributed by atoms with Crippen LogP contribution in [0.5, 0.6) is 0 Å². The van der Waals surface area contributed by atoms with Crippen molar-refractivity contribution in [1.82, 2.24) is 14.9 Å². The number of sulfonamides is 1. The zero-order valence-corrected chi connectivity index (χ0v) is 20.0. The van der Waals surface area contributed by atoms with Gasteiger partial charge in [0.1, 0.15) is 16.8 Å². The lowest BCUT2D eigenvalue weighted by Crippen LogP contribution is -2.53. The Hall–Kier alpha value is -2.43. The van der Waals surface area contributed by atoms with Crippen LogP contribution in [0.4, 0.5) is 4.39 Å². The Morgan fingerprint density at radius 3 is 2.36 bits per heavy atom. The summed E-state index contributed by atoms with van der Waals surface area (Å²) >= 11 is 1.50. The number of thioether (sulfide) groups is 1. The minimum Gasteiger partial charge on any atom is -0.349 e. The van der Waals surface area contributed by atoms with E-state index in [2.05, 4.69) is 10.0 Å². The summed E-state index contributed by atoms with van der Waals surface area (Å²) in [5.41, 5.74) is 0.579. The van der Waals surface area contributed by atoms with E-state index in [1.54, 1.807) is 29.2 Å². The van der Waals surface area contributed by atoms with Crippen molar-refractivity contribution in [2.24, 2.45) is 0 Å². The summed E-state index contributed by atoms with van der Waals surface area (Å²) in [6.07, 6.45) is 3.30. The number of amides is 2. The van der Waals surface area contributed by atoms with Crippen LogP contribution in [0.1, 0.15) is 29.6 Å². The fraction of sp³-hybridized carbons (Fsp3) is 0.391. The topological polar surface area (TPSA) is 95.6 Å². The molecular weight excluding hydrogens is 465 g/mol. The fourth-order valence-corrected chi connectivity index (χ4v) is 5.48. The average molecular weight is 494 g/mol. The predicted molar refractivity (Wildman–Crippen MR) is 127 cm³/mol. The van der Waals surface area contributed by atoms with E-state index in [0.29, 0.717) is 43.7 Å². The van der Waals surface area contributed by atoms with Crippen LogP contribution in [0.15, 0.2) is 59.5 Å². The van der Waals surface area contributed by atoms with Crippen molar-refractivity contribution in [3.8, 4) is 0 Å². The second kappa shape index (κ2) is 11.6. The van der Waals surface area contributed by atoms with Gasteiger partial charge in [-0.3, -0.25) is 9.59 Å². The number of carbonyl (C=O) groups is 2. The van der Waals surface area contributed by atoms with Crippen LogP contribution < -0.4 is 10.0 Å². The predicted octanol–water partition coefficient (Wildman–Crippen LogP) is 2.65. The van der Waals surface area contributed by atoms with Crippen LogP contribution in [0.3, 0.4) is 0 Å². The van der Waals surface area contributed by atoms with E-state index in [0.717, 1.165) is 6.07 Å². The van der Waals surface area contributed by atoms with E-state index in [4.69, 9.17) is 0 Å². The van der Waals surface area contributed by atoms with Crippen LogP contribution in [-0.4, -0.2) is 62.3 Å². The molecule has 178 valence electrons. The molecule has 0 aliphatic carbocycles. The maximum atomic E-state index is 14.1. The Morgan fingerprint density at radius 1 is 1.09 bits per heavy atom. The number of nitrogens with zero attached hydrogens (tertiary/aromatic N) is 1. The van der Waals surface area contributed by atoms with E-state index in [1.165, 1.54) is 30.0 Å². The monoisotopic (exact) mass is 493 g/mol. The van der Waals surface area contributed by atoms with E-state index in [1.807, 2.05) is 12.3 Å². The molecule has 1 aliphatic heterocycles. The molecule has 0 unspecified atom stereocenters. The molecule has 0 spiro atoms. The highest BCUT2D eigenvalue weighted by atomic mass is 32.2. The van der Waals surface area contributed by atoms with Crippen molar-refractivity contribution in [3.05, 3.63) is 66.0 Å². The number of halogens is 1. The Balaban J connectivity index is 1.62. The third-order valence-electron chi connectivity index (χ3n) is 5.51. The zero-order valence-electron chi connectivity index (χ0n) is 18.4. The summed E-state index contributed by atoms with van der Waals surface area (Å²) in [5, 5.41) is 2.99. The maximum absolute atomic E-state index is 14.1. The Bertz CT molecular complexity index is 1060. The normalized spacial score (nSPS) is 15.8. The summed E-state index contributed by atoms with van der Waals surface area (Å²) < 4.78 is 42.0. The van der Waals surface area contributed by atoms with Gasteiger partial charge in [-0.05, 0) is 55.5 Å². The molecule has 0 aromatic heterocycles. The lowest BCUT2D eigenvalue weighted by molar-refractivity contribution is -0.134.